The van der Waals surface area contributed by atoms with Crippen LogP contribution in [0.5, 0.6) is 0 Å². The average Bonchev–Trinajstić information content (AvgIpc) is 2.40. The fourth-order valence-electron chi connectivity index (χ4n) is 3.10. The first-order valence-electron chi connectivity index (χ1n) is 7.36. The molecule has 0 bridgehead atoms. The maximum absolute atomic E-state index is 11.9. The topological polar surface area (TPSA) is 20.3 Å². The summed E-state index contributed by atoms with van der Waals surface area (Å²) in [5.41, 5.74) is 1.42. The van der Waals surface area contributed by atoms with E-state index in [4.69, 9.17) is 0 Å². The van der Waals surface area contributed by atoms with Crippen LogP contribution in [-0.2, 0) is 11.2 Å². The Morgan fingerprint density at radius 1 is 1.21 bits per heavy atom. The lowest BCUT2D eigenvalue weighted by Gasteiger charge is -2.29. The van der Waals surface area contributed by atoms with Gasteiger partial charge in [-0.1, -0.05) is 30.3 Å². The van der Waals surface area contributed by atoms with Crippen molar-refractivity contribution in [1.29, 1.82) is 0 Å². The molecule has 1 aliphatic rings. The van der Waals surface area contributed by atoms with Crippen molar-refractivity contribution in [2.45, 2.75) is 32.1 Å². The molecule has 0 N–H and O–H groups in total. The first kappa shape index (κ1) is 14.3. The number of carbonyl (C=O) groups is 1. The van der Waals surface area contributed by atoms with Crippen molar-refractivity contribution in [3.8, 4) is 0 Å². The molecule has 0 aromatic heterocycles. The highest BCUT2D eigenvalue weighted by molar-refractivity contribution is 5.81. The van der Waals surface area contributed by atoms with Gasteiger partial charge in [-0.05, 0) is 51.3 Å². The van der Waals surface area contributed by atoms with Gasteiger partial charge < -0.3 is 4.90 Å². The van der Waals surface area contributed by atoms with E-state index >= 15 is 0 Å². The van der Waals surface area contributed by atoms with Crippen LogP contribution in [0.4, 0.5) is 0 Å². The molecular formula is C17H25NO. The summed E-state index contributed by atoms with van der Waals surface area (Å²) in [4.78, 5) is 14.1. The maximum Gasteiger partial charge on any atom is 0.137 e. The van der Waals surface area contributed by atoms with Crippen molar-refractivity contribution in [3.05, 3.63) is 35.9 Å². The Labute approximate surface area is 116 Å². The van der Waals surface area contributed by atoms with E-state index in [2.05, 4.69) is 49.3 Å². The van der Waals surface area contributed by atoms with Gasteiger partial charge in [0.1, 0.15) is 5.78 Å². The first-order valence-corrected chi connectivity index (χ1v) is 7.36. The molecule has 0 amide bonds. The van der Waals surface area contributed by atoms with E-state index in [1.165, 1.54) is 12.0 Å². The molecule has 1 saturated carbocycles. The van der Waals surface area contributed by atoms with Gasteiger partial charge in [0.2, 0.25) is 0 Å². The number of benzene rings is 1. The minimum absolute atomic E-state index is 0.268. The number of hydrogen-bond donors (Lipinski definition) is 0. The Bertz CT molecular complexity index is 399. The van der Waals surface area contributed by atoms with Gasteiger partial charge >= 0.3 is 0 Å². The zero-order valence-corrected chi connectivity index (χ0v) is 12.1. The Hall–Kier alpha value is -1.15. The zero-order valence-electron chi connectivity index (χ0n) is 12.1. The van der Waals surface area contributed by atoms with Crippen LogP contribution in [0.15, 0.2) is 30.3 Å². The molecule has 2 atom stereocenters. The number of carbonyl (C=O) groups excluding carboxylic acids is 1. The summed E-state index contributed by atoms with van der Waals surface area (Å²) in [6.45, 7) is 0.917. The van der Waals surface area contributed by atoms with Gasteiger partial charge in [0.25, 0.3) is 0 Å². The van der Waals surface area contributed by atoms with E-state index in [0.717, 1.165) is 38.1 Å². The third-order valence-corrected chi connectivity index (χ3v) is 4.14. The second-order valence-corrected chi connectivity index (χ2v) is 6.09. The summed E-state index contributed by atoms with van der Waals surface area (Å²) >= 11 is 0. The van der Waals surface area contributed by atoms with Crippen molar-refractivity contribution in [3.63, 3.8) is 0 Å². The largest absolute Gasteiger partial charge is 0.309 e. The Kier molecular flexibility index (Phi) is 5.15. The molecule has 0 saturated heterocycles. The van der Waals surface area contributed by atoms with Crippen LogP contribution in [0.2, 0.25) is 0 Å². The highest BCUT2D eigenvalue weighted by Crippen LogP contribution is 2.30. The Morgan fingerprint density at radius 2 is 1.95 bits per heavy atom. The number of aryl methyl sites for hydroxylation is 1. The van der Waals surface area contributed by atoms with Crippen LogP contribution in [0.3, 0.4) is 0 Å². The molecule has 0 spiro atoms. The van der Waals surface area contributed by atoms with Gasteiger partial charge in [-0.25, -0.2) is 0 Å². The summed E-state index contributed by atoms with van der Waals surface area (Å²) in [6, 6.07) is 10.7. The molecule has 1 aromatic carbocycles. The molecule has 2 nitrogen and oxygen atoms in total. The SMILES string of the molecule is CN(C)CC1CC(CCc2ccccc2)CCC1=O. The van der Waals surface area contributed by atoms with Crippen molar-refractivity contribution < 1.29 is 4.79 Å². The molecule has 0 radical (unpaired) electrons. The van der Waals surface area contributed by atoms with Gasteiger partial charge in [-0.15, -0.1) is 0 Å². The minimum atomic E-state index is 0.268. The second-order valence-electron chi connectivity index (χ2n) is 6.09. The third-order valence-electron chi connectivity index (χ3n) is 4.14. The summed E-state index contributed by atoms with van der Waals surface area (Å²) < 4.78 is 0. The van der Waals surface area contributed by atoms with Crippen LogP contribution in [0.1, 0.15) is 31.2 Å². The van der Waals surface area contributed by atoms with E-state index in [9.17, 15) is 4.79 Å². The van der Waals surface area contributed by atoms with E-state index in [-0.39, 0.29) is 5.92 Å². The molecule has 1 fully saturated rings. The smallest absolute Gasteiger partial charge is 0.137 e. The normalized spacial score (nSPS) is 23.8. The van der Waals surface area contributed by atoms with Gasteiger partial charge in [0.05, 0.1) is 0 Å². The standard InChI is InChI=1S/C17H25NO/c1-18(2)13-16-12-15(10-11-17(16)19)9-8-14-6-4-3-5-7-14/h3-7,15-16H,8-13H2,1-2H3. The molecule has 1 aromatic rings. The second kappa shape index (κ2) is 6.85. The van der Waals surface area contributed by atoms with E-state index in [1.54, 1.807) is 0 Å². The average molecular weight is 259 g/mol. The zero-order chi connectivity index (χ0) is 13.7. The molecule has 0 aliphatic heterocycles. The molecule has 2 heteroatoms. The molecule has 1 aliphatic carbocycles. The maximum atomic E-state index is 11.9. The number of hydrogen-bond acceptors (Lipinski definition) is 2. The highest BCUT2D eigenvalue weighted by Gasteiger charge is 2.28. The lowest BCUT2D eigenvalue weighted by atomic mass is 9.78. The summed E-state index contributed by atoms with van der Waals surface area (Å²) in [7, 11) is 4.11. The fraction of sp³-hybridized carbons (Fsp3) is 0.588. The van der Waals surface area contributed by atoms with Crippen molar-refractivity contribution in [1.82, 2.24) is 4.90 Å². The molecule has 2 unspecified atom stereocenters. The van der Waals surface area contributed by atoms with Crippen molar-refractivity contribution in [2.75, 3.05) is 20.6 Å². The summed E-state index contributed by atoms with van der Waals surface area (Å²) in [5, 5.41) is 0. The molecule has 104 valence electrons. The monoisotopic (exact) mass is 259 g/mol. The molecule has 0 heterocycles. The number of ketones is 1. The van der Waals surface area contributed by atoms with Crippen LogP contribution in [0, 0.1) is 11.8 Å². The number of nitrogens with zero attached hydrogens (tertiary/aromatic N) is 1. The van der Waals surface area contributed by atoms with Crippen molar-refractivity contribution in [2.24, 2.45) is 11.8 Å². The lowest BCUT2D eigenvalue weighted by Crippen LogP contribution is -2.33. The van der Waals surface area contributed by atoms with Gasteiger partial charge in [-0.3, -0.25) is 4.79 Å². The summed E-state index contributed by atoms with van der Waals surface area (Å²) in [5.74, 6) is 1.47. The first-order chi connectivity index (χ1) is 9.15. The quantitative estimate of drug-likeness (QED) is 0.809. The van der Waals surface area contributed by atoms with Gasteiger partial charge in [0.15, 0.2) is 0 Å². The van der Waals surface area contributed by atoms with E-state index in [1.807, 2.05) is 0 Å². The lowest BCUT2D eigenvalue weighted by molar-refractivity contribution is -0.126. The number of Topliss-reactive ketones (excluding diaryl/α,β-unsaturated/α-hetero) is 1. The van der Waals surface area contributed by atoms with Crippen LogP contribution in [-0.4, -0.2) is 31.3 Å². The minimum Gasteiger partial charge on any atom is -0.309 e. The van der Waals surface area contributed by atoms with Crippen LogP contribution < -0.4 is 0 Å². The number of rotatable bonds is 5. The third kappa shape index (κ3) is 4.46. The van der Waals surface area contributed by atoms with Gasteiger partial charge in [0, 0.05) is 18.9 Å². The molecule has 2 rings (SSSR count). The van der Waals surface area contributed by atoms with Crippen LogP contribution in [0.25, 0.3) is 0 Å². The predicted molar refractivity (Wildman–Crippen MR) is 79.2 cm³/mol. The van der Waals surface area contributed by atoms with E-state index in [0.29, 0.717) is 5.78 Å². The highest BCUT2D eigenvalue weighted by atomic mass is 16.1. The van der Waals surface area contributed by atoms with Gasteiger partial charge in [-0.2, -0.15) is 0 Å². The molecule has 19 heavy (non-hydrogen) atoms. The van der Waals surface area contributed by atoms with E-state index < -0.39 is 0 Å². The summed E-state index contributed by atoms with van der Waals surface area (Å²) in [6.07, 6.45) is 5.34. The Morgan fingerprint density at radius 3 is 2.63 bits per heavy atom. The van der Waals surface area contributed by atoms with Crippen molar-refractivity contribution >= 4 is 5.78 Å². The fourth-order valence-corrected chi connectivity index (χ4v) is 3.10. The molecular weight excluding hydrogens is 234 g/mol. The van der Waals surface area contributed by atoms with Crippen LogP contribution >= 0.6 is 0 Å². The Balaban J connectivity index is 1.83. The predicted octanol–water partition coefficient (Wildman–Crippen LogP) is 3.17.